The van der Waals surface area contributed by atoms with Crippen LogP contribution in [0.4, 0.5) is 10.2 Å². The Morgan fingerprint density at radius 3 is 2.94 bits per heavy atom. The molecule has 172 valence electrons. The zero-order valence-electron chi connectivity index (χ0n) is 18.4. The first-order valence-electron chi connectivity index (χ1n) is 11.8. The maximum Gasteiger partial charge on any atom is 0.257 e. The molecule has 9 heteroatoms. The highest BCUT2D eigenvalue weighted by Gasteiger charge is 2.47. The monoisotopic (exact) mass is 449 g/mol. The first-order valence-corrected chi connectivity index (χ1v) is 11.8. The zero-order valence-corrected chi connectivity index (χ0v) is 18.4. The van der Waals surface area contributed by atoms with Crippen molar-refractivity contribution in [3.05, 3.63) is 53.9 Å². The third-order valence-electron chi connectivity index (χ3n) is 7.92. The summed E-state index contributed by atoms with van der Waals surface area (Å²) in [6.45, 7) is 1.41. The summed E-state index contributed by atoms with van der Waals surface area (Å²) in [6, 6.07) is 3.56. The molecule has 3 fully saturated rings. The first-order chi connectivity index (χ1) is 16.1. The number of nitrogens with zero attached hydrogens (tertiary/aromatic N) is 5. The van der Waals surface area contributed by atoms with E-state index in [4.69, 9.17) is 10.7 Å². The molecule has 3 aromatic heterocycles. The number of anilines is 1. The summed E-state index contributed by atoms with van der Waals surface area (Å²) < 4.78 is 15.4. The highest BCUT2D eigenvalue weighted by Crippen LogP contribution is 2.48. The molecule has 0 aromatic carbocycles. The molecule has 1 amide bonds. The standard InChI is InChI=1S/C24H28FN7O/c25-17-9-16(11-27-12-17)20-2-1-6-31(20)21-5-7-32-23(29-21)19(13-28-32)24(33)30-22-15-4-3-14(8-15)18(22)10-26/h5,7,9,11-15,18,20,22H,1-4,6,8,10,26H2,(H,30,33)/t14-,15?,18-,20?,22+/m0/s1. The number of hydrogen-bond donors (Lipinski definition) is 2. The lowest BCUT2D eigenvalue weighted by atomic mass is 9.84. The minimum atomic E-state index is -0.339. The number of amides is 1. The Labute approximate surface area is 191 Å². The number of rotatable bonds is 5. The van der Waals surface area contributed by atoms with Crippen LogP contribution < -0.4 is 16.0 Å². The highest BCUT2D eigenvalue weighted by molar-refractivity contribution is 6.00. The van der Waals surface area contributed by atoms with E-state index >= 15 is 0 Å². The lowest BCUT2D eigenvalue weighted by Crippen LogP contribution is -2.46. The van der Waals surface area contributed by atoms with Crippen LogP contribution in [0.1, 0.15) is 54.1 Å². The fraction of sp³-hybridized carbons (Fsp3) is 0.500. The van der Waals surface area contributed by atoms with Crippen molar-refractivity contribution in [3.8, 4) is 0 Å². The summed E-state index contributed by atoms with van der Waals surface area (Å²) in [6.07, 6.45) is 11.8. The van der Waals surface area contributed by atoms with Crippen molar-refractivity contribution >= 4 is 17.4 Å². The van der Waals surface area contributed by atoms with Gasteiger partial charge in [-0.2, -0.15) is 5.10 Å². The van der Waals surface area contributed by atoms with Gasteiger partial charge in [-0.1, -0.05) is 0 Å². The molecule has 8 nitrogen and oxygen atoms in total. The average molecular weight is 450 g/mol. The van der Waals surface area contributed by atoms with Crippen molar-refractivity contribution in [2.75, 3.05) is 18.0 Å². The molecule has 3 aliphatic rings. The first kappa shape index (κ1) is 20.5. The third kappa shape index (κ3) is 3.45. The Bertz CT molecular complexity index is 1200. The minimum Gasteiger partial charge on any atom is -0.349 e. The quantitative estimate of drug-likeness (QED) is 0.621. The van der Waals surface area contributed by atoms with Crippen LogP contribution in [0, 0.1) is 23.6 Å². The molecule has 1 saturated heterocycles. The van der Waals surface area contributed by atoms with E-state index in [1.165, 1.54) is 18.7 Å². The molecule has 33 heavy (non-hydrogen) atoms. The summed E-state index contributed by atoms with van der Waals surface area (Å²) in [5.41, 5.74) is 7.88. The van der Waals surface area contributed by atoms with Gasteiger partial charge in [0, 0.05) is 25.0 Å². The highest BCUT2D eigenvalue weighted by atomic mass is 19.1. The van der Waals surface area contributed by atoms with Crippen molar-refractivity contribution < 1.29 is 9.18 Å². The number of fused-ring (bicyclic) bond motifs is 3. The normalized spacial score (nSPS) is 28.7. The lowest BCUT2D eigenvalue weighted by molar-refractivity contribution is 0.0904. The number of hydrogen-bond acceptors (Lipinski definition) is 6. The van der Waals surface area contributed by atoms with Crippen molar-refractivity contribution in [2.24, 2.45) is 23.5 Å². The van der Waals surface area contributed by atoms with Gasteiger partial charge in [-0.05, 0) is 74.1 Å². The van der Waals surface area contributed by atoms with Crippen molar-refractivity contribution in [3.63, 3.8) is 0 Å². The van der Waals surface area contributed by atoms with Crippen LogP contribution in [0.2, 0.25) is 0 Å². The van der Waals surface area contributed by atoms with Gasteiger partial charge in [0.2, 0.25) is 0 Å². The number of halogens is 1. The van der Waals surface area contributed by atoms with Crippen LogP contribution in [0.3, 0.4) is 0 Å². The van der Waals surface area contributed by atoms with E-state index in [1.54, 1.807) is 16.9 Å². The van der Waals surface area contributed by atoms with Crippen molar-refractivity contribution in [2.45, 2.75) is 44.2 Å². The van der Waals surface area contributed by atoms with Crippen molar-refractivity contribution in [1.29, 1.82) is 0 Å². The second kappa shape index (κ2) is 8.06. The van der Waals surface area contributed by atoms with Crippen LogP contribution in [0.25, 0.3) is 5.65 Å². The minimum absolute atomic E-state index is 0.00250. The van der Waals surface area contributed by atoms with Crippen LogP contribution >= 0.6 is 0 Å². The van der Waals surface area contributed by atoms with E-state index in [-0.39, 0.29) is 23.8 Å². The Morgan fingerprint density at radius 2 is 2.09 bits per heavy atom. The van der Waals surface area contributed by atoms with Crippen LogP contribution in [0.15, 0.2) is 36.9 Å². The molecule has 2 saturated carbocycles. The van der Waals surface area contributed by atoms with Gasteiger partial charge in [0.25, 0.3) is 5.91 Å². The Hall–Kier alpha value is -3.07. The Balaban J connectivity index is 1.28. The third-order valence-corrected chi connectivity index (χ3v) is 7.92. The molecule has 0 spiro atoms. The van der Waals surface area contributed by atoms with E-state index < -0.39 is 0 Å². The maximum absolute atomic E-state index is 13.8. The van der Waals surface area contributed by atoms with Crippen LogP contribution in [-0.2, 0) is 0 Å². The van der Waals surface area contributed by atoms with E-state index in [9.17, 15) is 9.18 Å². The topological polar surface area (TPSA) is 101 Å². The number of pyridine rings is 1. The molecular weight excluding hydrogens is 421 g/mol. The fourth-order valence-corrected chi connectivity index (χ4v) is 6.38. The largest absolute Gasteiger partial charge is 0.349 e. The second-order valence-electron chi connectivity index (χ2n) is 9.63. The van der Waals surface area contributed by atoms with Gasteiger partial charge in [0.1, 0.15) is 17.2 Å². The van der Waals surface area contributed by atoms with E-state index in [2.05, 4.69) is 20.3 Å². The lowest BCUT2D eigenvalue weighted by Gasteiger charge is -2.30. The van der Waals surface area contributed by atoms with Crippen molar-refractivity contribution in [1.82, 2.24) is 24.9 Å². The summed E-state index contributed by atoms with van der Waals surface area (Å²) in [5, 5.41) is 7.61. The number of aromatic nitrogens is 4. The van der Waals surface area contributed by atoms with E-state index in [0.29, 0.717) is 35.5 Å². The predicted molar refractivity (Wildman–Crippen MR) is 121 cm³/mol. The number of nitrogens with one attached hydrogen (secondary N) is 1. The van der Waals surface area contributed by atoms with Gasteiger partial charge in [0.15, 0.2) is 5.65 Å². The summed E-state index contributed by atoms with van der Waals surface area (Å²) in [7, 11) is 0. The molecule has 2 bridgehead atoms. The number of carbonyl (C=O) groups excluding carboxylic acids is 1. The Morgan fingerprint density at radius 1 is 1.21 bits per heavy atom. The molecule has 3 aromatic rings. The molecule has 2 unspecified atom stereocenters. The summed E-state index contributed by atoms with van der Waals surface area (Å²) in [4.78, 5) is 24.3. The zero-order chi connectivity index (χ0) is 22.5. The molecule has 3 N–H and O–H groups in total. The number of carbonyl (C=O) groups is 1. The van der Waals surface area contributed by atoms with E-state index in [1.807, 2.05) is 12.3 Å². The van der Waals surface area contributed by atoms with Crippen LogP contribution in [0.5, 0.6) is 0 Å². The van der Waals surface area contributed by atoms with E-state index in [0.717, 1.165) is 43.6 Å². The smallest absolute Gasteiger partial charge is 0.257 e. The predicted octanol–water partition coefficient (Wildman–Crippen LogP) is 2.71. The van der Waals surface area contributed by atoms with Gasteiger partial charge >= 0.3 is 0 Å². The van der Waals surface area contributed by atoms with Crippen LogP contribution in [-0.4, -0.2) is 44.6 Å². The molecular formula is C24H28FN7O. The fourth-order valence-electron chi connectivity index (χ4n) is 6.38. The molecule has 4 heterocycles. The van der Waals surface area contributed by atoms with Gasteiger partial charge in [-0.3, -0.25) is 9.78 Å². The molecule has 6 rings (SSSR count). The second-order valence-corrected chi connectivity index (χ2v) is 9.63. The number of nitrogens with two attached hydrogens (primary N) is 1. The Kier molecular flexibility index (Phi) is 5.01. The van der Waals surface area contributed by atoms with Gasteiger partial charge in [-0.15, -0.1) is 0 Å². The van der Waals surface area contributed by atoms with Gasteiger partial charge < -0.3 is 16.0 Å². The molecule has 5 atom stereocenters. The summed E-state index contributed by atoms with van der Waals surface area (Å²) in [5.74, 6) is 1.77. The van der Waals surface area contributed by atoms with Gasteiger partial charge in [0.05, 0.1) is 18.4 Å². The molecule has 0 radical (unpaired) electrons. The maximum atomic E-state index is 13.8. The average Bonchev–Trinajstić information content (AvgIpc) is 3.61. The van der Waals surface area contributed by atoms with Gasteiger partial charge in [-0.25, -0.2) is 13.9 Å². The molecule has 2 aliphatic carbocycles. The SMILES string of the molecule is NC[C@H]1[C@H]2CCC(C2)[C@H]1NC(=O)c1cnn2ccc(N3CCCC3c3cncc(F)c3)nc12. The molecule has 1 aliphatic heterocycles. The summed E-state index contributed by atoms with van der Waals surface area (Å²) >= 11 is 0.